The van der Waals surface area contributed by atoms with Crippen LogP contribution < -0.4 is 0 Å². The maximum absolute atomic E-state index is 9.80. The van der Waals surface area contributed by atoms with E-state index in [2.05, 4.69) is 31.2 Å². The molecule has 16 heavy (non-hydrogen) atoms. The van der Waals surface area contributed by atoms with Gasteiger partial charge in [-0.2, -0.15) is 0 Å². The average Bonchev–Trinajstić information content (AvgIpc) is 2.21. The minimum absolute atomic E-state index is 0.242. The molecule has 0 heterocycles. The molecule has 1 aromatic carbocycles. The summed E-state index contributed by atoms with van der Waals surface area (Å²) in [6.45, 7) is 6.71. The van der Waals surface area contributed by atoms with Crippen molar-refractivity contribution in [3.63, 3.8) is 0 Å². The van der Waals surface area contributed by atoms with E-state index in [4.69, 9.17) is 4.74 Å². The van der Waals surface area contributed by atoms with Crippen LogP contribution in [0.5, 0.6) is 0 Å². The van der Waals surface area contributed by atoms with Gasteiger partial charge >= 0.3 is 0 Å². The molecule has 0 saturated carbocycles. The molecule has 0 aliphatic carbocycles. The lowest BCUT2D eigenvalue weighted by Crippen LogP contribution is -2.15. The van der Waals surface area contributed by atoms with Gasteiger partial charge in [-0.05, 0) is 39.2 Å². The van der Waals surface area contributed by atoms with Crippen molar-refractivity contribution in [2.24, 2.45) is 0 Å². The van der Waals surface area contributed by atoms with E-state index in [-0.39, 0.29) is 12.2 Å². The quantitative estimate of drug-likeness (QED) is 0.802. The fourth-order valence-electron chi connectivity index (χ4n) is 1.54. The van der Waals surface area contributed by atoms with Gasteiger partial charge in [-0.1, -0.05) is 29.8 Å². The van der Waals surface area contributed by atoms with Crippen LogP contribution >= 0.6 is 0 Å². The Hall–Kier alpha value is -0.860. The maximum Gasteiger partial charge on any atom is 0.0602 e. The smallest absolute Gasteiger partial charge is 0.0602 e. The molecule has 0 amide bonds. The highest BCUT2D eigenvalue weighted by Crippen LogP contribution is 2.08. The van der Waals surface area contributed by atoms with E-state index in [0.29, 0.717) is 19.4 Å². The first-order chi connectivity index (χ1) is 7.58. The number of aliphatic hydroxyl groups excluding tert-OH is 1. The third kappa shape index (κ3) is 5.29. The first-order valence-corrected chi connectivity index (χ1v) is 5.93. The van der Waals surface area contributed by atoms with Crippen molar-refractivity contribution in [3.05, 3.63) is 35.4 Å². The van der Waals surface area contributed by atoms with Gasteiger partial charge in [-0.25, -0.2) is 0 Å². The van der Waals surface area contributed by atoms with Gasteiger partial charge in [0, 0.05) is 6.61 Å². The summed E-state index contributed by atoms with van der Waals surface area (Å²) in [6, 6.07) is 8.29. The monoisotopic (exact) mass is 222 g/mol. The number of ether oxygens (including phenoxy) is 1. The van der Waals surface area contributed by atoms with Crippen molar-refractivity contribution in [2.75, 3.05) is 6.61 Å². The van der Waals surface area contributed by atoms with Crippen LogP contribution in [0.2, 0.25) is 0 Å². The van der Waals surface area contributed by atoms with Crippen LogP contribution in [0.4, 0.5) is 0 Å². The normalized spacial score (nSPS) is 13.1. The summed E-state index contributed by atoms with van der Waals surface area (Å²) in [4.78, 5) is 0. The Morgan fingerprint density at radius 2 is 1.81 bits per heavy atom. The Morgan fingerprint density at radius 3 is 2.38 bits per heavy atom. The topological polar surface area (TPSA) is 29.5 Å². The minimum atomic E-state index is -0.304. The second kappa shape index (κ2) is 6.66. The molecular formula is C14H22O2. The Morgan fingerprint density at radius 1 is 1.19 bits per heavy atom. The van der Waals surface area contributed by atoms with E-state index in [1.54, 1.807) is 0 Å². The Labute approximate surface area is 98.3 Å². The number of hydrogen-bond donors (Lipinski definition) is 1. The number of aliphatic hydroxyl groups is 1. The second-order valence-electron chi connectivity index (χ2n) is 4.55. The summed E-state index contributed by atoms with van der Waals surface area (Å²) in [6.07, 6.45) is 1.35. The van der Waals surface area contributed by atoms with Crippen LogP contribution in [0, 0.1) is 6.92 Å². The van der Waals surface area contributed by atoms with E-state index in [1.165, 1.54) is 11.1 Å². The fourth-order valence-corrected chi connectivity index (χ4v) is 1.54. The molecule has 1 aromatic rings. The van der Waals surface area contributed by atoms with Crippen molar-refractivity contribution in [3.8, 4) is 0 Å². The van der Waals surface area contributed by atoms with Gasteiger partial charge in [0.2, 0.25) is 0 Å². The van der Waals surface area contributed by atoms with Crippen LogP contribution in [-0.4, -0.2) is 23.9 Å². The highest BCUT2D eigenvalue weighted by atomic mass is 16.5. The van der Waals surface area contributed by atoms with Gasteiger partial charge in [-0.3, -0.25) is 0 Å². The molecule has 90 valence electrons. The van der Waals surface area contributed by atoms with Gasteiger partial charge in [0.05, 0.1) is 12.2 Å². The highest BCUT2D eigenvalue weighted by molar-refractivity contribution is 5.21. The molecule has 0 aliphatic heterocycles. The van der Waals surface area contributed by atoms with Crippen LogP contribution in [0.1, 0.15) is 31.4 Å². The van der Waals surface area contributed by atoms with Crippen molar-refractivity contribution in [2.45, 2.75) is 45.8 Å². The average molecular weight is 222 g/mol. The Balaban J connectivity index is 2.28. The molecular weight excluding hydrogens is 200 g/mol. The number of rotatable bonds is 6. The van der Waals surface area contributed by atoms with Gasteiger partial charge < -0.3 is 9.84 Å². The molecule has 0 radical (unpaired) electrons. The van der Waals surface area contributed by atoms with Gasteiger partial charge in [0.25, 0.3) is 0 Å². The summed E-state index contributed by atoms with van der Waals surface area (Å²) in [7, 11) is 0. The summed E-state index contributed by atoms with van der Waals surface area (Å²) in [5, 5.41) is 9.80. The molecule has 0 aromatic heterocycles. The second-order valence-corrected chi connectivity index (χ2v) is 4.55. The third-order valence-electron chi connectivity index (χ3n) is 2.49. The minimum Gasteiger partial charge on any atom is -0.393 e. The summed E-state index contributed by atoms with van der Waals surface area (Å²) in [5.74, 6) is 0. The lowest BCUT2D eigenvalue weighted by Gasteiger charge is -2.12. The molecule has 1 N–H and O–H groups in total. The summed E-state index contributed by atoms with van der Waals surface area (Å²) in [5.41, 5.74) is 2.43. The SMILES string of the molecule is Cc1ccc(CC(O)CCOC(C)C)cc1. The first-order valence-electron chi connectivity index (χ1n) is 5.93. The molecule has 1 unspecified atom stereocenters. The lowest BCUT2D eigenvalue weighted by atomic mass is 10.0. The van der Waals surface area contributed by atoms with Crippen LogP contribution in [-0.2, 0) is 11.2 Å². The zero-order valence-electron chi connectivity index (χ0n) is 10.4. The number of aryl methyl sites for hydroxylation is 1. The van der Waals surface area contributed by atoms with Crippen molar-refractivity contribution >= 4 is 0 Å². The van der Waals surface area contributed by atoms with E-state index < -0.39 is 0 Å². The summed E-state index contributed by atoms with van der Waals surface area (Å²) < 4.78 is 5.41. The molecule has 0 saturated heterocycles. The molecule has 1 rings (SSSR count). The molecule has 0 aliphatic rings. The molecule has 0 spiro atoms. The third-order valence-corrected chi connectivity index (χ3v) is 2.49. The molecule has 1 atom stereocenters. The zero-order chi connectivity index (χ0) is 12.0. The zero-order valence-corrected chi connectivity index (χ0v) is 10.4. The molecule has 0 bridgehead atoms. The number of hydrogen-bond acceptors (Lipinski definition) is 2. The predicted molar refractivity (Wildman–Crippen MR) is 66.6 cm³/mol. The van der Waals surface area contributed by atoms with Crippen LogP contribution in [0.25, 0.3) is 0 Å². The Kier molecular flexibility index (Phi) is 5.50. The Bertz CT molecular complexity index is 290. The fraction of sp³-hybridized carbons (Fsp3) is 0.571. The maximum atomic E-state index is 9.80. The van der Waals surface area contributed by atoms with Gasteiger partial charge in [0.1, 0.15) is 0 Å². The van der Waals surface area contributed by atoms with Crippen molar-refractivity contribution in [1.29, 1.82) is 0 Å². The molecule has 0 fully saturated rings. The first kappa shape index (κ1) is 13.2. The number of benzene rings is 1. The van der Waals surface area contributed by atoms with Gasteiger partial charge in [-0.15, -0.1) is 0 Å². The standard InChI is InChI=1S/C14H22O2/c1-11(2)16-9-8-14(15)10-13-6-4-12(3)5-7-13/h4-7,11,14-15H,8-10H2,1-3H3. The van der Waals surface area contributed by atoms with E-state index in [1.807, 2.05) is 13.8 Å². The lowest BCUT2D eigenvalue weighted by molar-refractivity contribution is 0.0470. The predicted octanol–water partition coefficient (Wildman–Crippen LogP) is 2.71. The van der Waals surface area contributed by atoms with E-state index >= 15 is 0 Å². The van der Waals surface area contributed by atoms with Crippen LogP contribution in [0.15, 0.2) is 24.3 Å². The molecule has 2 nitrogen and oxygen atoms in total. The highest BCUT2D eigenvalue weighted by Gasteiger charge is 2.06. The molecule has 2 heteroatoms. The van der Waals surface area contributed by atoms with Crippen LogP contribution in [0.3, 0.4) is 0 Å². The van der Waals surface area contributed by atoms with E-state index in [0.717, 1.165) is 0 Å². The van der Waals surface area contributed by atoms with Crippen molar-refractivity contribution in [1.82, 2.24) is 0 Å². The van der Waals surface area contributed by atoms with Crippen molar-refractivity contribution < 1.29 is 9.84 Å². The largest absolute Gasteiger partial charge is 0.393 e. The summed E-state index contributed by atoms with van der Waals surface area (Å²) >= 11 is 0. The van der Waals surface area contributed by atoms with Gasteiger partial charge in [0.15, 0.2) is 0 Å². The van der Waals surface area contributed by atoms with E-state index in [9.17, 15) is 5.11 Å².